The number of phenolic OH excluding ortho intramolecular Hbond substituents is 1. The number of hydrogen-bond acceptors (Lipinski definition) is 3. The summed E-state index contributed by atoms with van der Waals surface area (Å²) in [6.45, 7) is 8.21. The lowest BCUT2D eigenvalue weighted by atomic mass is 10.1. The smallest absolute Gasteiger partial charge is 0.129 e. The third-order valence-electron chi connectivity index (χ3n) is 3.07. The van der Waals surface area contributed by atoms with E-state index < -0.39 is 0 Å². The highest BCUT2D eigenvalue weighted by Crippen LogP contribution is 2.25. The van der Waals surface area contributed by atoms with Crippen LogP contribution in [0.5, 0.6) is 5.75 Å². The van der Waals surface area contributed by atoms with Crippen molar-refractivity contribution >= 4 is 16.7 Å². The second-order valence-corrected chi connectivity index (χ2v) is 4.17. The fourth-order valence-corrected chi connectivity index (χ4v) is 2.07. The molecule has 1 aromatic carbocycles. The fraction of sp³-hybridized carbons (Fsp3) is 0.357. The van der Waals surface area contributed by atoms with Crippen LogP contribution in [-0.2, 0) is 0 Å². The van der Waals surface area contributed by atoms with E-state index in [9.17, 15) is 5.11 Å². The highest BCUT2D eigenvalue weighted by atomic mass is 16.3. The van der Waals surface area contributed by atoms with Crippen LogP contribution in [0, 0.1) is 6.92 Å². The maximum absolute atomic E-state index is 9.49. The van der Waals surface area contributed by atoms with E-state index in [1.165, 1.54) is 0 Å². The Balaban J connectivity index is 2.59. The van der Waals surface area contributed by atoms with Crippen LogP contribution in [0.2, 0.25) is 0 Å². The maximum Gasteiger partial charge on any atom is 0.129 e. The molecule has 2 aromatic rings. The molecule has 0 amide bonds. The Bertz CT molecular complexity index is 533. The molecule has 0 bridgehead atoms. The van der Waals surface area contributed by atoms with Gasteiger partial charge in [-0.25, -0.2) is 4.98 Å². The average Bonchev–Trinajstić information content (AvgIpc) is 2.32. The second kappa shape index (κ2) is 4.62. The number of phenols is 1. The third kappa shape index (κ3) is 2.18. The lowest BCUT2D eigenvalue weighted by Crippen LogP contribution is -2.23. The largest absolute Gasteiger partial charge is 0.508 e. The number of nitrogens with zero attached hydrogens (tertiary/aromatic N) is 2. The fourth-order valence-electron chi connectivity index (χ4n) is 2.07. The van der Waals surface area contributed by atoms with Gasteiger partial charge in [-0.2, -0.15) is 0 Å². The summed E-state index contributed by atoms with van der Waals surface area (Å²) in [4.78, 5) is 6.86. The molecular weight excluding hydrogens is 212 g/mol. The van der Waals surface area contributed by atoms with Crippen LogP contribution in [0.1, 0.15) is 19.4 Å². The van der Waals surface area contributed by atoms with Crippen LogP contribution in [0.3, 0.4) is 0 Å². The summed E-state index contributed by atoms with van der Waals surface area (Å²) < 4.78 is 0. The highest BCUT2D eigenvalue weighted by Gasteiger charge is 2.07. The molecule has 0 fully saturated rings. The molecule has 1 heterocycles. The Kier molecular flexibility index (Phi) is 3.18. The van der Waals surface area contributed by atoms with E-state index in [1.807, 2.05) is 6.07 Å². The number of aromatic nitrogens is 1. The Labute approximate surface area is 102 Å². The second-order valence-electron chi connectivity index (χ2n) is 4.17. The molecule has 0 spiro atoms. The molecule has 17 heavy (non-hydrogen) atoms. The lowest BCUT2D eigenvalue weighted by molar-refractivity contribution is 0.476. The first-order chi connectivity index (χ1) is 8.15. The number of benzene rings is 1. The summed E-state index contributed by atoms with van der Waals surface area (Å²) in [6, 6.07) is 7.39. The average molecular weight is 230 g/mol. The van der Waals surface area contributed by atoms with Gasteiger partial charge in [-0.1, -0.05) is 0 Å². The molecule has 3 heteroatoms. The van der Waals surface area contributed by atoms with E-state index in [4.69, 9.17) is 0 Å². The van der Waals surface area contributed by atoms with E-state index >= 15 is 0 Å². The number of aryl methyl sites for hydroxylation is 1. The zero-order valence-corrected chi connectivity index (χ0v) is 10.6. The van der Waals surface area contributed by atoms with Gasteiger partial charge in [-0.3, -0.25) is 0 Å². The minimum Gasteiger partial charge on any atom is -0.508 e. The van der Waals surface area contributed by atoms with Gasteiger partial charge in [-0.15, -0.1) is 0 Å². The van der Waals surface area contributed by atoms with E-state index in [0.29, 0.717) is 0 Å². The highest BCUT2D eigenvalue weighted by molar-refractivity contribution is 5.85. The summed E-state index contributed by atoms with van der Waals surface area (Å²) in [7, 11) is 0. The Morgan fingerprint density at radius 1 is 1.18 bits per heavy atom. The molecule has 90 valence electrons. The first kappa shape index (κ1) is 11.7. The minimum absolute atomic E-state index is 0.290. The van der Waals surface area contributed by atoms with Crippen molar-refractivity contribution in [2.75, 3.05) is 18.0 Å². The Morgan fingerprint density at radius 2 is 1.88 bits per heavy atom. The first-order valence-electron chi connectivity index (χ1n) is 6.01. The quantitative estimate of drug-likeness (QED) is 0.880. The van der Waals surface area contributed by atoms with Gasteiger partial charge in [0.05, 0.1) is 5.52 Å². The molecule has 0 unspecified atom stereocenters. The molecule has 1 N–H and O–H groups in total. The van der Waals surface area contributed by atoms with Gasteiger partial charge in [0.2, 0.25) is 0 Å². The molecule has 3 nitrogen and oxygen atoms in total. The molecule has 0 atom stereocenters. The van der Waals surface area contributed by atoms with E-state index in [2.05, 4.69) is 36.7 Å². The van der Waals surface area contributed by atoms with Crippen molar-refractivity contribution in [2.45, 2.75) is 20.8 Å². The van der Waals surface area contributed by atoms with Crippen molar-refractivity contribution in [3.05, 3.63) is 29.8 Å². The van der Waals surface area contributed by atoms with Crippen molar-refractivity contribution < 1.29 is 5.11 Å². The van der Waals surface area contributed by atoms with Gasteiger partial charge in [0.15, 0.2) is 0 Å². The summed E-state index contributed by atoms with van der Waals surface area (Å²) >= 11 is 0. The number of rotatable bonds is 3. The number of pyridine rings is 1. The van der Waals surface area contributed by atoms with Gasteiger partial charge in [0.25, 0.3) is 0 Å². The van der Waals surface area contributed by atoms with Gasteiger partial charge in [0.1, 0.15) is 11.6 Å². The molecule has 0 aliphatic rings. The summed E-state index contributed by atoms with van der Waals surface area (Å²) in [6.07, 6.45) is 0. The zero-order chi connectivity index (χ0) is 12.4. The monoisotopic (exact) mass is 230 g/mol. The predicted octanol–water partition coefficient (Wildman–Crippen LogP) is 3.10. The molecule has 0 radical (unpaired) electrons. The van der Waals surface area contributed by atoms with E-state index in [1.54, 1.807) is 12.1 Å². The van der Waals surface area contributed by atoms with Crippen LogP contribution in [0.15, 0.2) is 24.3 Å². The number of anilines is 1. The number of aromatic hydroxyl groups is 1. The molecule has 1 aromatic heterocycles. The van der Waals surface area contributed by atoms with Crippen LogP contribution < -0.4 is 4.90 Å². The van der Waals surface area contributed by atoms with Gasteiger partial charge < -0.3 is 10.0 Å². The summed E-state index contributed by atoms with van der Waals surface area (Å²) in [5.74, 6) is 1.30. The van der Waals surface area contributed by atoms with Crippen molar-refractivity contribution in [3.63, 3.8) is 0 Å². The van der Waals surface area contributed by atoms with Crippen molar-refractivity contribution in [1.82, 2.24) is 4.98 Å². The van der Waals surface area contributed by atoms with Crippen LogP contribution in [0.25, 0.3) is 10.9 Å². The zero-order valence-electron chi connectivity index (χ0n) is 10.6. The lowest BCUT2D eigenvalue weighted by Gasteiger charge is -2.20. The van der Waals surface area contributed by atoms with Crippen molar-refractivity contribution in [3.8, 4) is 5.75 Å². The summed E-state index contributed by atoms with van der Waals surface area (Å²) in [5, 5.41) is 10.5. The molecule has 0 aliphatic carbocycles. The van der Waals surface area contributed by atoms with Crippen molar-refractivity contribution in [2.24, 2.45) is 0 Å². The molecule has 0 saturated heterocycles. The van der Waals surface area contributed by atoms with Gasteiger partial charge in [-0.05, 0) is 50.6 Å². The van der Waals surface area contributed by atoms with E-state index in [-0.39, 0.29) is 5.75 Å². The Hall–Kier alpha value is -1.77. The molecule has 0 saturated carbocycles. The van der Waals surface area contributed by atoms with Crippen LogP contribution in [0.4, 0.5) is 5.82 Å². The standard InChI is InChI=1S/C14H18N2O/c1-4-16(5-2)14-8-10(3)12-9-11(17)6-7-13(12)15-14/h6-9,17H,4-5H2,1-3H3. The van der Waals surface area contributed by atoms with E-state index in [0.717, 1.165) is 35.4 Å². The minimum atomic E-state index is 0.290. The number of fused-ring (bicyclic) bond motifs is 1. The SMILES string of the molecule is CCN(CC)c1cc(C)c2cc(O)ccc2n1. The molecule has 0 aliphatic heterocycles. The number of hydrogen-bond donors (Lipinski definition) is 1. The topological polar surface area (TPSA) is 36.4 Å². The Morgan fingerprint density at radius 3 is 2.53 bits per heavy atom. The van der Waals surface area contributed by atoms with Crippen molar-refractivity contribution in [1.29, 1.82) is 0 Å². The molecular formula is C14H18N2O. The maximum atomic E-state index is 9.49. The van der Waals surface area contributed by atoms with Gasteiger partial charge in [0, 0.05) is 18.5 Å². The van der Waals surface area contributed by atoms with Crippen LogP contribution in [-0.4, -0.2) is 23.2 Å². The van der Waals surface area contributed by atoms with Crippen LogP contribution >= 0.6 is 0 Å². The normalized spacial score (nSPS) is 10.8. The van der Waals surface area contributed by atoms with Gasteiger partial charge >= 0.3 is 0 Å². The third-order valence-corrected chi connectivity index (χ3v) is 3.07. The first-order valence-corrected chi connectivity index (χ1v) is 6.01. The molecule has 2 rings (SSSR count). The predicted molar refractivity (Wildman–Crippen MR) is 71.7 cm³/mol. The summed E-state index contributed by atoms with van der Waals surface area (Å²) in [5.41, 5.74) is 2.08.